The van der Waals surface area contributed by atoms with Crippen LogP contribution in [0.2, 0.25) is 0 Å². The number of nitro benzene ring substituents is 1. The Hall–Kier alpha value is -5.13. The van der Waals surface area contributed by atoms with Crippen LogP contribution in [-0.2, 0) is 9.53 Å². The van der Waals surface area contributed by atoms with E-state index in [1.807, 2.05) is 31.2 Å². The number of non-ortho nitro benzene ring substituents is 1. The van der Waals surface area contributed by atoms with Gasteiger partial charge in [0.15, 0.2) is 0 Å². The van der Waals surface area contributed by atoms with Gasteiger partial charge in [0.2, 0.25) is 0 Å². The van der Waals surface area contributed by atoms with Crippen molar-refractivity contribution in [1.29, 1.82) is 0 Å². The Morgan fingerprint density at radius 1 is 0.900 bits per heavy atom. The number of benzene rings is 3. The Bertz CT molecular complexity index is 1400. The first kappa shape index (κ1) is 29.4. The summed E-state index contributed by atoms with van der Waals surface area (Å²) in [5.74, 6) is 0.390. The molecule has 3 rings (SSSR count). The molecule has 0 aliphatic rings. The number of rotatable bonds is 13. The molecule has 0 unspecified atom stereocenters. The molecule has 0 aromatic heterocycles. The number of ether oxygens (including phenoxy) is 3. The molecule has 0 radical (unpaired) electrons. The molecule has 0 amide bonds. The van der Waals surface area contributed by atoms with Gasteiger partial charge in [0.25, 0.3) is 5.69 Å². The normalized spacial score (nSPS) is 11.0. The van der Waals surface area contributed by atoms with Gasteiger partial charge < -0.3 is 19.1 Å². The second-order valence-electron chi connectivity index (χ2n) is 8.38. The first-order chi connectivity index (χ1) is 19.2. The zero-order valence-electron chi connectivity index (χ0n) is 22.7. The predicted octanol–water partition coefficient (Wildman–Crippen LogP) is 7.39. The minimum Gasteiger partial charge on any atom is -0.494 e. The predicted molar refractivity (Wildman–Crippen MR) is 151 cm³/mol. The van der Waals surface area contributed by atoms with Gasteiger partial charge in [0.05, 0.1) is 37.1 Å². The molecule has 0 saturated carbocycles. The van der Waals surface area contributed by atoms with Crippen molar-refractivity contribution in [3.05, 3.63) is 82.9 Å². The van der Waals surface area contributed by atoms with E-state index >= 15 is 0 Å². The van der Waals surface area contributed by atoms with Crippen LogP contribution in [-0.4, -0.2) is 44.8 Å². The summed E-state index contributed by atoms with van der Waals surface area (Å²) < 4.78 is 16.1. The number of carbonyl (C=O) groups excluding carboxylic acids is 1. The number of likely N-dealkylation sites (N-methyl/N-ethyl adjacent to an activating group) is 1. The van der Waals surface area contributed by atoms with E-state index in [1.54, 1.807) is 19.1 Å². The molecule has 12 heteroatoms. The van der Waals surface area contributed by atoms with E-state index in [4.69, 9.17) is 14.2 Å². The zero-order chi connectivity index (χ0) is 29.1. The smallest absolute Gasteiger partial charge is 0.333 e. The molecule has 3 aromatic rings. The Balaban J connectivity index is 1.73. The van der Waals surface area contributed by atoms with Crippen molar-refractivity contribution in [3.8, 4) is 11.5 Å². The molecule has 12 nitrogen and oxygen atoms in total. The maximum absolute atomic E-state index is 11.6. The summed E-state index contributed by atoms with van der Waals surface area (Å²) >= 11 is 0. The second kappa shape index (κ2) is 14.1. The molecule has 0 aliphatic carbocycles. The summed E-state index contributed by atoms with van der Waals surface area (Å²) in [7, 11) is 2.99. The number of hydrogen-bond acceptors (Lipinski definition) is 11. The van der Waals surface area contributed by atoms with Crippen LogP contribution < -0.4 is 14.4 Å². The number of hydrogen-bond donors (Lipinski definition) is 0. The average molecular weight is 547 g/mol. The fourth-order valence-electron chi connectivity index (χ4n) is 3.46. The molecular weight excluding hydrogens is 516 g/mol. The lowest BCUT2D eigenvalue weighted by Crippen LogP contribution is -2.28. The molecule has 3 aromatic carbocycles. The van der Waals surface area contributed by atoms with Gasteiger partial charge >= 0.3 is 5.97 Å². The van der Waals surface area contributed by atoms with Crippen LogP contribution in [0.1, 0.15) is 13.8 Å². The van der Waals surface area contributed by atoms with Crippen molar-refractivity contribution in [1.82, 2.24) is 0 Å². The fraction of sp³-hybridized carbons (Fsp3) is 0.250. The van der Waals surface area contributed by atoms with Crippen LogP contribution in [0.4, 0.5) is 34.1 Å². The number of azo groups is 2. The van der Waals surface area contributed by atoms with Gasteiger partial charge in [-0.15, -0.1) is 10.2 Å². The van der Waals surface area contributed by atoms with Crippen molar-refractivity contribution in [2.45, 2.75) is 13.8 Å². The summed E-state index contributed by atoms with van der Waals surface area (Å²) in [4.78, 5) is 24.0. The summed E-state index contributed by atoms with van der Waals surface area (Å²) in [6.45, 7) is 8.75. The van der Waals surface area contributed by atoms with Gasteiger partial charge in [-0.1, -0.05) is 6.58 Å². The van der Waals surface area contributed by atoms with E-state index in [9.17, 15) is 14.9 Å². The Kier molecular flexibility index (Phi) is 10.4. The third-order valence-electron chi connectivity index (χ3n) is 5.63. The number of esters is 1. The molecule has 40 heavy (non-hydrogen) atoms. The van der Waals surface area contributed by atoms with Crippen LogP contribution >= 0.6 is 0 Å². The van der Waals surface area contributed by atoms with E-state index in [0.717, 1.165) is 12.2 Å². The molecule has 0 atom stereocenters. The molecule has 0 fully saturated rings. The Labute approximate surface area is 231 Å². The number of carbonyl (C=O) groups is 1. The highest BCUT2D eigenvalue weighted by Crippen LogP contribution is 2.41. The fourth-order valence-corrected chi connectivity index (χ4v) is 3.46. The maximum atomic E-state index is 11.6. The van der Waals surface area contributed by atoms with E-state index in [1.165, 1.54) is 38.5 Å². The van der Waals surface area contributed by atoms with Crippen LogP contribution in [0, 0.1) is 10.1 Å². The third kappa shape index (κ3) is 7.93. The van der Waals surface area contributed by atoms with Crippen molar-refractivity contribution in [3.63, 3.8) is 0 Å². The molecular formula is C28H30N6O6. The summed E-state index contributed by atoms with van der Waals surface area (Å²) in [6.07, 6.45) is 0. The van der Waals surface area contributed by atoms with Gasteiger partial charge in [-0.25, -0.2) is 4.79 Å². The SMILES string of the molecule is C=C(C)C(=O)OCCN(CC)c1ccc(N=Nc2cc(OC)c(/N=N/c3ccc([N+](=O)[O-])cc3)cc2OC)cc1. The van der Waals surface area contributed by atoms with Gasteiger partial charge in [-0.3, -0.25) is 10.1 Å². The van der Waals surface area contributed by atoms with Crippen molar-refractivity contribution < 1.29 is 23.9 Å². The molecule has 0 saturated heterocycles. The van der Waals surface area contributed by atoms with E-state index < -0.39 is 10.9 Å². The van der Waals surface area contributed by atoms with Gasteiger partial charge in [0, 0.05) is 42.1 Å². The lowest BCUT2D eigenvalue weighted by Gasteiger charge is -2.22. The minimum absolute atomic E-state index is 0.0353. The third-order valence-corrected chi connectivity index (χ3v) is 5.63. The number of methoxy groups -OCH3 is 2. The number of nitro groups is 1. The largest absolute Gasteiger partial charge is 0.494 e. The summed E-state index contributed by atoms with van der Waals surface area (Å²) in [6, 6.07) is 16.4. The Morgan fingerprint density at radius 3 is 1.82 bits per heavy atom. The first-order valence-electron chi connectivity index (χ1n) is 12.3. The van der Waals surface area contributed by atoms with E-state index in [-0.39, 0.29) is 12.3 Å². The summed E-state index contributed by atoms with van der Waals surface area (Å²) in [5, 5.41) is 27.8. The standard InChI is InChI=1S/C28H30N6O6/c1-6-33(15-16-40-28(35)19(2)3)22-11-7-20(8-12-22)29-31-24-17-27(39-5)25(18-26(24)38-4)32-30-21-9-13-23(14-10-21)34(36)37/h7-14,17-18H,2,6,15-16H2,1,3-5H3/b31-29?,32-30+. The highest BCUT2D eigenvalue weighted by Gasteiger charge is 2.12. The molecule has 0 bridgehead atoms. The second-order valence-corrected chi connectivity index (χ2v) is 8.38. The highest BCUT2D eigenvalue weighted by atomic mass is 16.6. The average Bonchev–Trinajstić information content (AvgIpc) is 2.97. The van der Waals surface area contributed by atoms with Gasteiger partial charge in [-0.05, 0) is 50.2 Å². The quantitative estimate of drug-likeness (QED) is 0.0715. The number of anilines is 1. The first-order valence-corrected chi connectivity index (χ1v) is 12.3. The van der Waals surface area contributed by atoms with Crippen LogP contribution in [0.3, 0.4) is 0 Å². The minimum atomic E-state index is -0.483. The molecule has 208 valence electrons. The maximum Gasteiger partial charge on any atom is 0.333 e. The molecule has 0 spiro atoms. The number of nitrogens with zero attached hydrogens (tertiary/aromatic N) is 6. The van der Waals surface area contributed by atoms with Crippen LogP contribution in [0.25, 0.3) is 0 Å². The van der Waals surface area contributed by atoms with Crippen LogP contribution in [0.5, 0.6) is 11.5 Å². The highest BCUT2D eigenvalue weighted by molar-refractivity contribution is 5.86. The van der Waals surface area contributed by atoms with E-state index in [0.29, 0.717) is 46.4 Å². The lowest BCUT2D eigenvalue weighted by atomic mass is 10.2. The van der Waals surface area contributed by atoms with E-state index in [2.05, 4.69) is 31.9 Å². The topological polar surface area (TPSA) is 141 Å². The zero-order valence-corrected chi connectivity index (χ0v) is 22.7. The van der Waals surface area contributed by atoms with Crippen molar-refractivity contribution in [2.24, 2.45) is 20.5 Å². The molecule has 0 N–H and O–H groups in total. The van der Waals surface area contributed by atoms with Crippen molar-refractivity contribution in [2.75, 3.05) is 38.8 Å². The molecule has 0 aliphatic heterocycles. The van der Waals surface area contributed by atoms with Crippen LogP contribution in [0.15, 0.2) is 93.3 Å². The lowest BCUT2D eigenvalue weighted by molar-refractivity contribution is -0.384. The van der Waals surface area contributed by atoms with Gasteiger partial charge in [-0.2, -0.15) is 10.2 Å². The van der Waals surface area contributed by atoms with Gasteiger partial charge in [0.1, 0.15) is 29.5 Å². The summed E-state index contributed by atoms with van der Waals surface area (Å²) in [5.41, 5.74) is 3.15. The van der Waals surface area contributed by atoms with Crippen molar-refractivity contribution >= 4 is 40.1 Å². The monoisotopic (exact) mass is 546 g/mol. The Morgan fingerprint density at radius 2 is 1.40 bits per heavy atom. The molecule has 0 heterocycles.